The molecule has 0 aliphatic rings. The molecule has 0 unspecified atom stereocenters. The van der Waals surface area contributed by atoms with Crippen molar-refractivity contribution in [2.45, 2.75) is 6.92 Å². The van der Waals surface area contributed by atoms with Gasteiger partial charge in [0.15, 0.2) is 6.29 Å². The van der Waals surface area contributed by atoms with Crippen LogP contribution in [0.2, 0.25) is 0 Å². The van der Waals surface area contributed by atoms with Crippen LogP contribution in [0.4, 0.5) is 4.79 Å². The van der Waals surface area contributed by atoms with Gasteiger partial charge in [0.05, 0.1) is 12.7 Å². The van der Waals surface area contributed by atoms with Gasteiger partial charge >= 0.3 is 6.09 Å². The number of rotatable bonds is 4. The Balaban J connectivity index is 3.03. The molecular weight excluding hydrogens is 246 g/mol. The zero-order valence-corrected chi connectivity index (χ0v) is 10.8. The van der Waals surface area contributed by atoms with E-state index in [0.29, 0.717) is 11.8 Å². The highest BCUT2D eigenvalue weighted by Gasteiger charge is 2.23. The minimum atomic E-state index is -0.784. The molecule has 0 aliphatic heterocycles. The van der Waals surface area contributed by atoms with Crippen LogP contribution < -0.4 is 0 Å². The lowest BCUT2D eigenvalue weighted by atomic mass is 10.1. The molecule has 0 bridgehead atoms. The van der Waals surface area contributed by atoms with Crippen LogP contribution in [0.25, 0.3) is 6.08 Å². The van der Waals surface area contributed by atoms with Gasteiger partial charge in [0, 0.05) is 6.54 Å². The van der Waals surface area contributed by atoms with E-state index >= 15 is 0 Å². The predicted octanol–water partition coefficient (Wildman–Crippen LogP) is 1.88. The first-order valence-electron chi connectivity index (χ1n) is 5.75. The summed E-state index contributed by atoms with van der Waals surface area (Å²) in [6.07, 6.45) is 1.08. The number of carbonyl (C=O) groups excluding carboxylic acids is 3. The first kappa shape index (κ1) is 14.6. The van der Waals surface area contributed by atoms with Crippen molar-refractivity contribution in [3.63, 3.8) is 0 Å². The molecule has 0 saturated heterocycles. The number of hydrogen-bond donors (Lipinski definition) is 0. The molecule has 19 heavy (non-hydrogen) atoms. The maximum absolute atomic E-state index is 12.0. The molecule has 1 aromatic carbocycles. The first-order chi connectivity index (χ1) is 9.13. The molecule has 1 rings (SSSR count). The van der Waals surface area contributed by atoms with E-state index in [1.165, 1.54) is 13.2 Å². The van der Waals surface area contributed by atoms with E-state index in [2.05, 4.69) is 4.74 Å². The Morgan fingerprint density at radius 2 is 1.89 bits per heavy atom. The Hall–Kier alpha value is -2.43. The van der Waals surface area contributed by atoms with Crippen LogP contribution in [0.15, 0.2) is 35.9 Å². The Labute approximate surface area is 111 Å². The molecule has 0 radical (unpaired) electrons. The highest BCUT2D eigenvalue weighted by molar-refractivity contribution is 6.17. The SMILES string of the molecule is CCN(C(=O)OC)C(=O)C(C=O)=Cc1ccccc1. The third kappa shape index (κ3) is 3.77. The number of hydrogen-bond acceptors (Lipinski definition) is 4. The molecule has 0 aliphatic carbocycles. The van der Waals surface area contributed by atoms with Crippen molar-refractivity contribution in [1.29, 1.82) is 0 Å². The second-order valence-corrected chi connectivity index (χ2v) is 3.65. The molecule has 0 heterocycles. The van der Waals surface area contributed by atoms with Crippen molar-refractivity contribution >= 4 is 24.4 Å². The van der Waals surface area contributed by atoms with Crippen molar-refractivity contribution in [3.05, 3.63) is 41.5 Å². The molecule has 5 heteroatoms. The van der Waals surface area contributed by atoms with Crippen molar-refractivity contribution in [2.75, 3.05) is 13.7 Å². The lowest BCUT2D eigenvalue weighted by molar-refractivity contribution is -0.126. The summed E-state index contributed by atoms with van der Waals surface area (Å²) in [5.74, 6) is -0.673. The average Bonchev–Trinajstić information content (AvgIpc) is 2.46. The van der Waals surface area contributed by atoms with E-state index in [-0.39, 0.29) is 12.1 Å². The van der Waals surface area contributed by atoms with Crippen LogP contribution in [-0.2, 0) is 14.3 Å². The maximum atomic E-state index is 12.0. The maximum Gasteiger partial charge on any atom is 0.416 e. The molecule has 0 spiro atoms. The van der Waals surface area contributed by atoms with Crippen LogP contribution in [0.3, 0.4) is 0 Å². The van der Waals surface area contributed by atoms with Crippen LogP contribution >= 0.6 is 0 Å². The van der Waals surface area contributed by atoms with E-state index in [0.717, 1.165) is 4.90 Å². The average molecular weight is 261 g/mol. The van der Waals surface area contributed by atoms with E-state index in [1.54, 1.807) is 31.2 Å². The van der Waals surface area contributed by atoms with Gasteiger partial charge in [-0.15, -0.1) is 0 Å². The Morgan fingerprint density at radius 1 is 1.26 bits per heavy atom. The molecule has 1 aromatic rings. The number of imide groups is 1. The van der Waals surface area contributed by atoms with Gasteiger partial charge < -0.3 is 4.74 Å². The third-order valence-corrected chi connectivity index (χ3v) is 2.45. The number of benzene rings is 1. The number of methoxy groups -OCH3 is 1. The summed E-state index contributed by atoms with van der Waals surface area (Å²) in [4.78, 5) is 35.3. The molecule has 0 N–H and O–H groups in total. The molecule has 0 aromatic heterocycles. The van der Waals surface area contributed by atoms with Crippen LogP contribution in [0, 0.1) is 0 Å². The predicted molar refractivity (Wildman–Crippen MR) is 70.3 cm³/mol. The van der Waals surface area contributed by atoms with E-state index in [4.69, 9.17) is 0 Å². The lowest BCUT2D eigenvalue weighted by Crippen LogP contribution is -2.37. The van der Waals surface area contributed by atoms with Crippen molar-refractivity contribution in [1.82, 2.24) is 4.90 Å². The molecule has 2 amide bonds. The zero-order valence-electron chi connectivity index (χ0n) is 10.8. The second-order valence-electron chi connectivity index (χ2n) is 3.65. The van der Waals surface area contributed by atoms with Crippen molar-refractivity contribution in [2.24, 2.45) is 0 Å². The number of ether oxygens (including phenoxy) is 1. The number of likely N-dealkylation sites (N-methyl/N-ethyl adjacent to an activating group) is 1. The minimum absolute atomic E-state index is 0.0987. The van der Waals surface area contributed by atoms with Gasteiger partial charge in [-0.25, -0.2) is 9.69 Å². The molecule has 0 atom stereocenters. The van der Waals surface area contributed by atoms with E-state index < -0.39 is 12.0 Å². The van der Waals surface area contributed by atoms with Crippen LogP contribution in [-0.4, -0.2) is 36.8 Å². The minimum Gasteiger partial charge on any atom is -0.452 e. The quantitative estimate of drug-likeness (QED) is 0.359. The summed E-state index contributed by atoms with van der Waals surface area (Å²) >= 11 is 0. The normalized spacial score (nSPS) is 10.7. The highest BCUT2D eigenvalue weighted by Crippen LogP contribution is 2.09. The fourth-order valence-electron chi connectivity index (χ4n) is 1.50. The molecule has 100 valence electrons. The zero-order chi connectivity index (χ0) is 14.3. The van der Waals surface area contributed by atoms with Gasteiger partial charge in [-0.2, -0.15) is 0 Å². The summed E-state index contributed by atoms with van der Waals surface area (Å²) < 4.78 is 4.49. The molecular formula is C14H15NO4. The second kappa shape index (κ2) is 7.10. The lowest BCUT2D eigenvalue weighted by Gasteiger charge is -2.16. The fraction of sp³-hybridized carbons (Fsp3) is 0.214. The number of carbonyl (C=O) groups is 3. The first-order valence-corrected chi connectivity index (χ1v) is 5.75. The summed E-state index contributed by atoms with van der Waals surface area (Å²) in [6, 6.07) is 8.91. The summed E-state index contributed by atoms with van der Waals surface area (Å²) in [7, 11) is 1.18. The summed E-state index contributed by atoms with van der Waals surface area (Å²) in [5.41, 5.74) is 0.609. The largest absolute Gasteiger partial charge is 0.452 e. The highest BCUT2D eigenvalue weighted by atomic mass is 16.5. The number of amides is 2. The molecule has 5 nitrogen and oxygen atoms in total. The van der Waals surface area contributed by atoms with Gasteiger partial charge in [-0.3, -0.25) is 9.59 Å². The standard InChI is InChI=1S/C14H15NO4/c1-3-15(14(18)19-2)13(17)12(10-16)9-11-7-5-4-6-8-11/h4-10H,3H2,1-2H3. The third-order valence-electron chi connectivity index (χ3n) is 2.45. The van der Waals surface area contributed by atoms with Gasteiger partial charge in [-0.05, 0) is 18.6 Å². The van der Waals surface area contributed by atoms with Gasteiger partial charge in [0.1, 0.15) is 0 Å². The fourth-order valence-corrected chi connectivity index (χ4v) is 1.50. The Kier molecular flexibility index (Phi) is 5.47. The van der Waals surface area contributed by atoms with Crippen molar-refractivity contribution < 1.29 is 19.1 Å². The monoisotopic (exact) mass is 261 g/mol. The topological polar surface area (TPSA) is 63.7 Å². The smallest absolute Gasteiger partial charge is 0.416 e. The molecule has 0 saturated carbocycles. The number of nitrogens with zero attached hydrogens (tertiary/aromatic N) is 1. The van der Waals surface area contributed by atoms with Crippen molar-refractivity contribution in [3.8, 4) is 0 Å². The van der Waals surface area contributed by atoms with Gasteiger partial charge in [0.2, 0.25) is 0 Å². The number of aldehydes is 1. The van der Waals surface area contributed by atoms with Crippen LogP contribution in [0.1, 0.15) is 12.5 Å². The van der Waals surface area contributed by atoms with Gasteiger partial charge in [0.25, 0.3) is 5.91 Å². The summed E-state index contributed by atoms with van der Waals surface area (Å²) in [6.45, 7) is 1.76. The van der Waals surface area contributed by atoms with E-state index in [9.17, 15) is 14.4 Å². The van der Waals surface area contributed by atoms with Gasteiger partial charge in [-0.1, -0.05) is 30.3 Å². The molecule has 0 fully saturated rings. The van der Waals surface area contributed by atoms with E-state index in [1.807, 2.05) is 6.07 Å². The summed E-state index contributed by atoms with van der Waals surface area (Å²) in [5, 5.41) is 0. The van der Waals surface area contributed by atoms with Crippen LogP contribution in [0.5, 0.6) is 0 Å². The Morgan fingerprint density at radius 3 is 2.37 bits per heavy atom. The Bertz CT molecular complexity index is 493.